The van der Waals surface area contributed by atoms with Crippen molar-refractivity contribution < 1.29 is 14.3 Å². The van der Waals surface area contributed by atoms with Crippen LogP contribution in [0.4, 0.5) is 16.2 Å². The number of anilines is 2. The average Bonchev–Trinajstić information content (AvgIpc) is 2.50. The average molecular weight is 420 g/mol. The molecule has 0 atom stereocenters. The highest BCUT2D eigenvalue weighted by atomic mass is 79.9. The highest BCUT2D eigenvalue weighted by Crippen LogP contribution is 2.36. The third kappa shape index (κ3) is 4.43. The first-order valence-corrected chi connectivity index (χ1v) is 7.94. The van der Waals surface area contributed by atoms with Crippen LogP contribution in [0.2, 0.25) is 10.0 Å². The Morgan fingerprint density at radius 1 is 0.957 bits per heavy atom. The lowest BCUT2D eigenvalue weighted by molar-refractivity contribution is 0.262. The van der Waals surface area contributed by atoms with Gasteiger partial charge in [0, 0.05) is 10.5 Å². The number of ether oxygens (including phenoxy) is 2. The maximum Gasteiger partial charge on any atom is 0.323 e. The van der Waals surface area contributed by atoms with Gasteiger partial charge in [0.1, 0.15) is 11.5 Å². The van der Waals surface area contributed by atoms with Gasteiger partial charge in [0.15, 0.2) is 0 Å². The van der Waals surface area contributed by atoms with E-state index in [0.29, 0.717) is 32.9 Å². The Kier molecular flexibility index (Phi) is 5.98. The van der Waals surface area contributed by atoms with Crippen LogP contribution in [0.25, 0.3) is 0 Å². The minimum atomic E-state index is -0.478. The van der Waals surface area contributed by atoms with Gasteiger partial charge in [-0.15, -0.1) is 0 Å². The maximum absolute atomic E-state index is 12.1. The summed E-state index contributed by atoms with van der Waals surface area (Å²) in [5.41, 5.74) is 0.884. The van der Waals surface area contributed by atoms with Crippen LogP contribution >= 0.6 is 39.1 Å². The molecule has 2 aromatic carbocycles. The Bertz CT molecular complexity index is 741. The van der Waals surface area contributed by atoms with Gasteiger partial charge in [-0.1, -0.05) is 39.1 Å². The van der Waals surface area contributed by atoms with E-state index in [0.717, 1.165) is 4.47 Å². The summed E-state index contributed by atoms with van der Waals surface area (Å²) in [7, 11) is 2.98. The van der Waals surface area contributed by atoms with Crippen LogP contribution in [0, 0.1) is 0 Å². The number of hydrogen-bond donors (Lipinski definition) is 2. The standard InChI is InChI=1S/C15H13BrCl2N2O3/c1-22-13-7-14(23-2)12(6-10(13)18)20-15(21)19-11-4-3-8(16)5-9(11)17/h3-7H,1-2H3,(H2,19,20,21). The Balaban J connectivity index is 2.18. The van der Waals surface area contributed by atoms with E-state index in [1.165, 1.54) is 14.2 Å². The van der Waals surface area contributed by atoms with Crippen molar-refractivity contribution in [1.29, 1.82) is 0 Å². The molecule has 122 valence electrons. The number of rotatable bonds is 4. The van der Waals surface area contributed by atoms with Gasteiger partial charge in [0.05, 0.1) is 35.6 Å². The molecule has 0 fully saturated rings. The number of halogens is 3. The molecule has 0 aromatic heterocycles. The van der Waals surface area contributed by atoms with Crippen molar-refractivity contribution >= 4 is 56.5 Å². The molecule has 0 spiro atoms. The summed E-state index contributed by atoms with van der Waals surface area (Å²) in [4.78, 5) is 12.1. The van der Waals surface area contributed by atoms with Gasteiger partial charge in [0.25, 0.3) is 0 Å². The minimum Gasteiger partial charge on any atom is -0.495 e. The first-order chi connectivity index (χ1) is 10.9. The summed E-state index contributed by atoms with van der Waals surface area (Å²) in [6.07, 6.45) is 0. The second-order valence-electron chi connectivity index (χ2n) is 4.39. The van der Waals surface area contributed by atoms with E-state index in [4.69, 9.17) is 32.7 Å². The predicted octanol–water partition coefficient (Wildman–Crippen LogP) is 5.42. The van der Waals surface area contributed by atoms with Crippen molar-refractivity contribution in [3.05, 3.63) is 44.8 Å². The fraction of sp³-hybridized carbons (Fsp3) is 0.133. The van der Waals surface area contributed by atoms with Crippen LogP contribution in [0.5, 0.6) is 11.5 Å². The highest BCUT2D eigenvalue weighted by molar-refractivity contribution is 9.10. The molecule has 23 heavy (non-hydrogen) atoms. The summed E-state index contributed by atoms with van der Waals surface area (Å²) in [6, 6.07) is 7.79. The lowest BCUT2D eigenvalue weighted by Crippen LogP contribution is -2.20. The fourth-order valence-corrected chi connectivity index (χ4v) is 2.79. The van der Waals surface area contributed by atoms with Crippen LogP contribution in [-0.2, 0) is 0 Å². The Morgan fingerprint density at radius 3 is 2.22 bits per heavy atom. The largest absolute Gasteiger partial charge is 0.495 e. The summed E-state index contributed by atoms with van der Waals surface area (Å²) in [6.45, 7) is 0. The SMILES string of the molecule is COc1cc(OC)c(NC(=O)Nc2ccc(Br)cc2Cl)cc1Cl. The van der Waals surface area contributed by atoms with Crippen LogP contribution in [0.1, 0.15) is 0 Å². The second kappa shape index (κ2) is 7.77. The Morgan fingerprint density at radius 2 is 1.61 bits per heavy atom. The zero-order valence-corrected chi connectivity index (χ0v) is 15.3. The lowest BCUT2D eigenvalue weighted by Gasteiger charge is -2.14. The van der Waals surface area contributed by atoms with Crippen molar-refractivity contribution in [2.24, 2.45) is 0 Å². The number of methoxy groups -OCH3 is 2. The molecular weight excluding hydrogens is 407 g/mol. The quantitative estimate of drug-likeness (QED) is 0.695. The number of carbonyl (C=O) groups is 1. The summed E-state index contributed by atoms with van der Waals surface area (Å²) in [5, 5.41) is 6.07. The van der Waals surface area contributed by atoms with E-state index in [1.54, 1.807) is 30.3 Å². The molecule has 2 amide bonds. The number of hydrogen-bond acceptors (Lipinski definition) is 3. The molecule has 0 bridgehead atoms. The van der Waals surface area contributed by atoms with Crippen molar-refractivity contribution in [1.82, 2.24) is 0 Å². The first-order valence-electron chi connectivity index (χ1n) is 6.39. The van der Waals surface area contributed by atoms with Crippen LogP contribution < -0.4 is 20.1 Å². The molecule has 0 unspecified atom stereocenters. The zero-order valence-electron chi connectivity index (χ0n) is 12.2. The molecule has 2 rings (SSSR count). The zero-order chi connectivity index (χ0) is 17.0. The predicted molar refractivity (Wildman–Crippen MR) is 96.3 cm³/mol. The van der Waals surface area contributed by atoms with Crippen molar-refractivity contribution in [3.8, 4) is 11.5 Å². The summed E-state index contributed by atoms with van der Waals surface area (Å²) >= 11 is 15.4. The molecule has 5 nitrogen and oxygen atoms in total. The lowest BCUT2D eigenvalue weighted by atomic mass is 10.2. The maximum atomic E-state index is 12.1. The third-order valence-electron chi connectivity index (χ3n) is 2.90. The molecule has 0 aliphatic rings. The molecule has 8 heteroatoms. The molecule has 0 aliphatic heterocycles. The van der Waals surface area contributed by atoms with E-state index in [2.05, 4.69) is 26.6 Å². The van der Waals surface area contributed by atoms with Gasteiger partial charge in [-0.2, -0.15) is 0 Å². The van der Waals surface area contributed by atoms with E-state index in [-0.39, 0.29) is 0 Å². The number of urea groups is 1. The van der Waals surface area contributed by atoms with Crippen molar-refractivity contribution in [2.45, 2.75) is 0 Å². The van der Waals surface area contributed by atoms with Crippen LogP contribution in [-0.4, -0.2) is 20.3 Å². The minimum absolute atomic E-state index is 0.352. The van der Waals surface area contributed by atoms with Crippen molar-refractivity contribution in [3.63, 3.8) is 0 Å². The van der Waals surface area contributed by atoms with Gasteiger partial charge in [0.2, 0.25) is 0 Å². The smallest absolute Gasteiger partial charge is 0.323 e. The van der Waals surface area contributed by atoms with Crippen LogP contribution in [0.3, 0.4) is 0 Å². The van der Waals surface area contributed by atoms with Crippen LogP contribution in [0.15, 0.2) is 34.8 Å². The van der Waals surface area contributed by atoms with E-state index < -0.39 is 6.03 Å². The highest BCUT2D eigenvalue weighted by Gasteiger charge is 2.13. The molecule has 0 saturated carbocycles. The molecule has 2 N–H and O–H groups in total. The van der Waals surface area contributed by atoms with E-state index >= 15 is 0 Å². The topological polar surface area (TPSA) is 59.6 Å². The second-order valence-corrected chi connectivity index (χ2v) is 6.12. The van der Waals surface area contributed by atoms with Gasteiger partial charge in [-0.05, 0) is 24.3 Å². The molecule has 0 heterocycles. The number of benzene rings is 2. The van der Waals surface area contributed by atoms with Gasteiger partial charge >= 0.3 is 6.03 Å². The molecule has 0 radical (unpaired) electrons. The van der Waals surface area contributed by atoms with E-state index in [9.17, 15) is 4.79 Å². The van der Waals surface area contributed by atoms with E-state index in [1.807, 2.05) is 0 Å². The fourth-order valence-electron chi connectivity index (χ4n) is 1.82. The number of nitrogens with one attached hydrogen (secondary N) is 2. The molecular formula is C15H13BrCl2N2O3. The van der Waals surface area contributed by atoms with Crippen molar-refractivity contribution in [2.75, 3.05) is 24.9 Å². The first kappa shape index (κ1) is 17.7. The number of amides is 2. The third-order valence-corrected chi connectivity index (χ3v) is 4.00. The van der Waals surface area contributed by atoms with Gasteiger partial charge in [-0.3, -0.25) is 0 Å². The molecule has 0 saturated heterocycles. The normalized spacial score (nSPS) is 10.1. The monoisotopic (exact) mass is 418 g/mol. The Hall–Kier alpha value is -1.63. The Labute approximate surface area is 152 Å². The number of carbonyl (C=O) groups excluding carboxylic acids is 1. The van der Waals surface area contributed by atoms with Gasteiger partial charge in [-0.25, -0.2) is 4.79 Å². The van der Waals surface area contributed by atoms with Gasteiger partial charge < -0.3 is 20.1 Å². The summed E-state index contributed by atoms with van der Waals surface area (Å²) in [5.74, 6) is 0.869. The molecule has 0 aliphatic carbocycles. The summed E-state index contributed by atoms with van der Waals surface area (Å²) < 4.78 is 11.1. The molecule has 2 aromatic rings.